The minimum absolute atomic E-state index is 0.220. The predicted octanol–water partition coefficient (Wildman–Crippen LogP) is 3.28. The first-order chi connectivity index (χ1) is 12.6. The molecule has 7 nitrogen and oxygen atoms in total. The Balaban J connectivity index is 1.75. The first kappa shape index (κ1) is 16.4. The van der Waals surface area contributed by atoms with E-state index < -0.39 is 0 Å². The number of halogens is 2. The van der Waals surface area contributed by atoms with Gasteiger partial charge < -0.3 is 11.1 Å². The van der Waals surface area contributed by atoms with Gasteiger partial charge in [-0.15, -0.1) is 0 Å². The molecule has 0 saturated carbocycles. The van der Waals surface area contributed by atoms with Crippen molar-refractivity contribution in [3.05, 3.63) is 64.8 Å². The van der Waals surface area contributed by atoms with E-state index in [9.17, 15) is 4.39 Å². The van der Waals surface area contributed by atoms with Gasteiger partial charge in [-0.25, -0.2) is 19.3 Å². The summed E-state index contributed by atoms with van der Waals surface area (Å²) in [6, 6.07) is 8.27. The molecule has 1 aromatic carbocycles. The van der Waals surface area contributed by atoms with Gasteiger partial charge in [-0.2, -0.15) is 9.61 Å². The summed E-state index contributed by atoms with van der Waals surface area (Å²) < 4.78 is 16.6. The summed E-state index contributed by atoms with van der Waals surface area (Å²) in [6.45, 7) is 0.452. The van der Waals surface area contributed by atoms with Gasteiger partial charge >= 0.3 is 0 Å². The number of aromatic nitrogens is 5. The van der Waals surface area contributed by atoms with Crippen molar-refractivity contribution in [1.82, 2.24) is 24.6 Å². The lowest BCUT2D eigenvalue weighted by Crippen LogP contribution is -2.08. The Morgan fingerprint density at radius 2 is 1.92 bits per heavy atom. The van der Waals surface area contributed by atoms with Gasteiger partial charge in [0.15, 0.2) is 5.65 Å². The number of nitrogen functional groups attached to an aromatic ring is 1. The normalized spacial score (nSPS) is 11.0. The van der Waals surface area contributed by atoms with Crippen LogP contribution in [0.25, 0.3) is 16.9 Å². The van der Waals surface area contributed by atoms with Crippen LogP contribution in [0.4, 0.5) is 16.2 Å². The van der Waals surface area contributed by atoms with Crippen molar-refractivity contribution < 1.29 is 4.39 Å². The largest absolute Gasteiger partial charge is 0.368 e. The van der Waals surface area contributed by atoms with Crippen LogP contribution < -0.4 is 11.1 Å². The molecule has 0 bridgehead atoms. The number of fused-ring (bicyclic) bond motifs is 1. The molecule has 0 amide bonds. The van der Waals surface area contributed by atoms with E-state index in [0.29, 0.717) is 29.3 Å². The van der Waals surface area contributed by atoms with Crippen molar-refractivity contribution in [3.8, 4) is 11.3 Å². The Morgan fingerprint density at radius 3 is 2.69 bits per heavy atom. The Labute approximate surface area is 156 Å². The van der Waals surface area contributed by atoms with E-state index in [2.05, 4.69) is 41.3 Å². The van der Waals surface area contributed by atoms with Gasteiger partial charge in [0.05, 0.1) is 16.4 Å². The highest BCUT2D eigenvalue weighted by molar-refractivity contribution is 9.10. The maximum absolute atomic E-state index is 14.2. The van der Waals surface area contributed by atoms with E-state index in [1.54, 1.807) is 47.4 Å². The van der Waals surface area contributed by atoms with E-state index >= 15 is 0 Å². The fourth-order valence-corrected chi connectivity index (χ4v) is 2.87. The Hall–Kier alpha value is -3.07. The molecule has 0 aliphatic carbocycles. The SMILES string of the molecule is Nc1ncc(CNc2cc(-c3ccccc3F)nc3c(Br)cnn23)cn1. The number of hydrogen-bond acceptors (Lipinski definition) is 6. The second kappa shape index (κ2) is 6.68. The van der Waals surface area contributed by atoms with E-state index in [4.69, 9.17) is 5.73 Å². The van der Waals surface area contributed by atoms with E-state index in [0.717, 1.165) is 10.0 Å². The minimum atomic E-state index is -0.335. The first-order valence-electron chi connectivity index (χ1n) is 7.71. The molecule has 0 radical (unpaired) electrons. The zero-order valence-corrected chi connectivity index (χ0v) is 15.0. The molecule has 4 aromatic rings. The summed E-state index contributed by atoms with van der Waals surface area (Å²) >= 11 is 3.43. The summed E-state index contributed by atoms with van der Waals surface area (Å²) in [4.78, 5) is 12.5. The van der Waals surface area contributed by atoms with E-state index in [1.165, 1.54) is 6.07 Å². The molecule has 0 aliphatic rings. The summed E-state index contributed by atoms with van der Waals surface area (Å²) in [7, 11) is 0. The van der Waals surface area contributed by atoms with Crippen molar-refractivity contribution in [3.63, 3.8) is 0 Å². The fraction of sp³-hybridized carbons (Fsp3) is 0.0588. The van der Waals surface area contributed by atoms with Gasteiger partial charge in [0.25, 0.3) is 0 Å². The van der Waals surface area contributed by atoms with Crippen molar-refractivity contribution in [2.24, 2.45) is 0 Å². The Morgan fingerprint density at radius 1 is 1.15 bits per heavy atom. The third-order valence-electron chi connectivity index (χ3n) is 3.78. The Kier molecular flexibility index (Phi) is 4.21. The average Bonchev–Trinajstić information content (AvgIpc) is 3.02. The van der Waals surface area contributed by atoms with Crippen LogP contribution >= 0.6 is 15.9 Å². The number of hydrogen-bond donors (Lipinski definition) is 2. The second-order valence-corrected chi connectivity index (χ2v) is 6.39. The third kappa shape index (κ3) is 3.08. The topological polar surface area (TPSA) is 94.0 Å². The van der Waals surface area contributed by atoms with Crippen LogP contribution in [0, 0.1) is 5.82 Å². The van der Waals surface area contributed by atoms with Crippen LogP contribution in [0.15, 0.2) is 53.4 Å². The van der Waals surface area contributed by atoms with Crippen LogP contribution in [-0.2, 0) is 6.54 Å². The molecule has 3 aromatic heterocycles. The molecule has 0 spiro atoms. The average molecular weight is 414 g/mol. The lowest BCUT2D eigenvalue weighted by molar-refractivity contribution is 0.630. The lowest BCUT2D eigenvalue weighted by Gasteiger charge is -2.11. The first-order valence-corrected chi connectivity index (χ1v) is 8.50. The highest BCUT2D eigenvalue weighted by Crippen LogP contribution is 2.27. The molecule has 0 aliphatic heterocycles. The summed E-state index contributed by atoms with van der Waals surface area (Å²) in [5, 5.41) is 7.56. The molecule has 130 valence electrons. The molecule has 3 N–H and O–H groups in total. The fourth-order valence-electron chi connectivity index (χ4n) is 2.52. The smallest absolute Gasteiger partial charge is 0.219 e. The monoisotopic (exact) mass is 413 g/mol. The maximum atomic E-state index is 14.2. The third-order valence-corrected chi connectivity index (χ3v) is 4.34. The predicted molar refractivity (Wildman–Crippen MR) is 99.9 cm³/mol. The molecule has 0 fully saturated rings. The standard InChI is InChI=1S/C17H13BrFN7/c18-12-9-24-26-15(21-6-10-7-22-17(20)23-8-10)5-14(25-16(12)26)11-3-1-2-4-13(11)19/h1-5,7-9,21H,6H2,(H2,20,22,23). The van der Waals surface area contributed by atoms with Crippen molar-refractivity contribution in [2.75, 3.05) is 11.1 Å². The zero-order chi connectivity index (χ0) is 18.1. The van der Waals surface area contributed by atoms with Gasteiger partial charge in [-0.05, 0) is 28.1 Å². The van der Waals surface area contributed by atoms with Gasteiger partial charge in [-0.1, -0.05) is 12.1 Å². The van der Waals surface area contributed by atoms with Crippen molar-refractivity contribution in [2.45, 2.75) is 6.54 Å². The van der Waals surface area contributed by atoms with Crippen LogP contribution in [-0.4, -0.2) is 24.6 Å². The molecule has 0 saturated heterocycles. The molecule has 9 heteroatoms. The summed E-state index contributed by atoms with van der Waals surface area (Å²) in [6.07, 6.45) is 4.93. The van der Waals surface area contributed by atoms with Crippen molar-refractivity contribution >= 4 is 33.3 Å². The number of rotatable bonds is 4. The molecule has 26 heavy (non-hydrogen) atoms. The summed E-state index contributed by atoms with van der Waals surface area (Å²) in [5.74, 6) is 0.548. The van der Waals surface area contributed by atoms with E-state index in [1.807, 2.05) is 0 Å². The van der Waals surface area contributed by atoms with E-state index in [-0.39, 0.29) is 11.8 Å². The quantitative estimate of drug-likeness (QED) is 0.533. The van der Waals surface area contributed by atoms with Crippen molar-refractivity contribution in [1.29, 1.82) is 0 Å². The number of nitrogens with zero attached hydrogens (tertiary/aromatic N) is 5. The van der Waals surface area contributed by atoms with Crippen LogP contribution in [0.3, 0.4) is 0 Å². The molecule has 3 heterocycles. The zero-order valence-electron chi connectivity index (χ0n) is 13.4. The molecule has 4 rings (SSSR count). The lowest BCUT2D eigenvalue weighted by atomic mass is 10.1. The van der Waals surface area contributed by atoms with Gasteiger partial charge in [0.2, 0.25) is 5.95 Å². The maximum Gasteiger partial charge on any atom is 0.219 e. The second-order valence-electron chi connectivity index (χ2n) is 5.54. The molecule has 0 unspecified atom stereocenters. The van der Waals surface area contributed by atoms with Crippen LogP contribution in [0.1, 0.15) is 5.56 Å². The number of anilines is 2. The van der Waals surface area contributed by atoms with Gasteiger partial charge in [0, 0.05) is 36.1 Å². The van der Waals surface area contributed by atoms with Crippen LogP contribution in [0.5, 0.6) is 0 Å². The highest BCUT2D eigenvalue weighted by Gasteiger charge is 2.13. The molecular formula is C17H13BrFN7. The Bertz CT molecular complexity index is 1080. The number of nitrogens with one attached hydrogen (secondary N) is 1. The number of benzene rings is 1. The summed E-state index contributed by atoms with van der Waals surface area (Å²) in [5.41, 5.74) is 7.86. The molecule has 0 atom stereocenters. The van der Waals surface area contributed by atoms with Gasteiger partial charge in [0.1, 0.15) is 11.6 Å². The van der Waals surface area contributed by atoms with Gasteiger partial charge in [-0.3, -0.25) is 0 Å². The minimum Gasteiger partial charge on any atom is -0.368 e. The molecular weight excluding hydrogens is 401 g/mol. The van der Waals surface area contributed by atoms with Crippen LogP contribution in [0.2, 0.25) is 0 Å². The highest BCUT2D eigenvalue weighted by atomic mass is 79.9. The number of nitrogens with two attached hydrogens (primary N) is 1.